The number of nitrogens with zero attached hydrogens (tertiary/aromatic N) is 4. The number of aliphatic hydroxyl groups is 1. The van der Waals surface area contributed by atoms with Crippen LogP contribution in [0.2, 0.25) is 0 Å². The third-order valence-electron chi connectivity index (χ3n) is 6.48. The van der Waals surface area contributed by atoms with Crippen molar-refractivity contribution in [1.82, 2.24) is 30.5 Å². The molecule has 2 heterocycles. The summed E-state index contributed by atoms with van der Waals surface area (Å²) in [6.07, 6.45) is -0.536. The molecule has 0 bridgehead atoms. The average Bonchev–Trinajstić information content (AvgIpc) is 3.40. The van der Waals surface area contributed by atoms with Gasteiger partial charge in [0.25, 0.3) is 11.8 Å². The molecular formula is C30H35N7O4S. The fourth-order valence-corrected chi connectivity index (χ4v) is 5.17. The first-order valence-corrected chi connectivity index (χ1v) is 14.3. The Labute approximate surface area is 248 Å². The van der Waals surface area contributed by atoms with Gasteiger partial charge in [-0.2, -0.15) is 4.98 Å². The van der Waals surface area contributed by atoms with Gasteiger partial charge in [0.05, 0.1) is 31.5 Å². The number of hydrogen-bond donors (Lipinski definition) is 4. The summed E-state index contributed by atoms with van der Waals surface area (Å²) in [4.78, 5) is 40.6. The van der Waals surface area contributed by atoms with Crippen LogP contribution in [0.5, 0.6) is 5.88 Å². The van der Waals surface area contributed by atoms with Gasteiger partial charge in [-0.05, 0) is 37.1 Å². The lowest BCUT2D eigenvalue weighted by Gasteiger charge is -2.25. The highest BCUT2D eigenvalue weighted by Crippen LogP contribution is 2.15. The van der Waals surface area contributed by atoms with Crippen LogP contribution in [0.15, 0.2) is 66.0 Å². The molecule has 4 aromatic rings. The topological polar surface area (TPSA) is 156 Å². The van der Waals surface area contributed by atoms with Gasteiger partial charge >= 0.3 is 0 Å². The van der Waals surface area contributed by atoms with Crippen LogP contribution in [-0.4, -0.2) is 69.6 Å². The molecule has 42 heavy (non-hydrogen) atoms. The molecule has 0 radical (unpaired) electrons. The molecule has 2 atom stereocenters. The number of rotatable bonds is 13. The number of amides is 2. The van der Waals surface area contributed by atoms with Crippen molar-refractivity contribution >= 4 is 29.1 Å². The Hall–Kier alpha value is -4.39. The van der Waals surface area contributed by atoms with Gasteiger partial charge in [-0.3, -0.25) is 9.59 Å². The number of nitrogens with two attached hydrogens (primary N) is 1. The molecule has 5 N–H and O–H groups in total. The Morgan fingerprint density at radius 1 is 1.07 bits per heavy atom. The van der Waals surface area contributed by atoms with Crippen molar-refractivity contribution in [2.24, 2.45) is 0 Å². The molecule has 220 valence electrons. The Morgan fingerprint density at radius 3 is 2.55 bits per heavy atom. The number of thiazole rings is 1. The molecular weight excluding hydrogens is 554 g/mol. The zero-order chi connectivity index (χ0) is 30.1. The summed E-state index contributed by atoms with van der Waals surface area (Å²) in [5, 5.41) is 20.0. The largest absolute Gasteiger partial charge is 0.481 e. The summed E-state index contributed by atoms with van der Waals surface area (Å²) < 4.78 is 5.14. The van der Waals surface area contributed by atoms with Crippen molar-refractivity contribution in [1.29, 1.82) is 0 Å². The number of benzene rings is 2. The van der Waals surface area contributed by atoms with E-state index in [9.17, 15) is 14.7 Å². The van der Waals surface area contributed by atoms with Crippen molar-refractivity contribution < 1.29 is 19.4 Å². The number of nitrogen functional groups attached to an aromatic ring is 1. The maximum absolute atomic E-state index is 13.4. The molecule has 0 saturated heterocycles. The van der Waals surface area contributed by atoms with E-state index in [0.29, 0.717) is 42.2 Å². The van der Waals surface area contributed by atoms with Crippen molar-refractivity contribution in [2.75, 3.05) is 26.4 Å². The molecule has 0 aliphatic carbocycles. The second kappa shape index (κ2) is 14.5. The predicted molar refractivity (Wildman–Crippen MR) is 161 cm³/mol. The zero-order valence-corrected chi connectivity index (χ0v) is 24.6. The van der Waals surface area contributed by atoms with Gasteiger partial charge in [0, 0.05) is 48.4 Å². The van der Waals surface area contributed by atoms with Gasteiger partial charge in [-0.15, -0.1) is 11.3 Å². The summed E-state index contributed by atoms with van der Waals surface area (Å²) in [5.41, 5.74) is 8.92. The van der Waals surface area contributed by atoms with E-state index in [2.05, 4.69) is 25.6 Å². The van der Waals surface area contributed by atoms with E-state index in [-0.39, 0.29) is 18.4 Å². The molecule has 0 saturated carbocycles. The Morgan fingerprint density at radius 2 is 1.83 bits per heavy atom. The fraction of sp³-hybridized carbons (Fsp3) is 0.300. The van der Waals surface area contributed by atoms with E-state index in [1.54, 1.807) is 42.3 Å². The third kappa shape index (κ3) is 8.56. The van der Waals surface area contributed by atoms with Crippen LogP contribution in [0.4, 0.5) is 5.95 Å². The smallest absolute Gasteiger partial charge is 0.253 e. The fourth-order valence-electron chi connectivity index (χ4n) is 4.34. The first-order chi connectivity index (χ1) is 20.2. The van der Waals surface area contributed by atoms with Gasteiger partial charge in [0.1, 0.15) is 5.01 Å². The van der Waals surface area contributed by atoms with Crippen LogP contribution in [0.3, 0.4) is 0 Å². The molecule has 0 fully saturated rings. The number of nitrogens with one attached hydrogen (secondary N) is 2. The van der Waals surface area contributed by atoms with E-state index < -0.39 is 18.1 Å². The molecule has 2 aromatic heterocycles. The van der Waals surface area contributed by atoms with Crippen LogP contribution in [0.1, 0.15) is 42.7 Å². The second-order valence-electron chi connectivity index (χ2n) is 9.85. The highest BCUT2D eigenvalue weighted by molar-refractivity contribution is 7.09. The number of carbonyl (C=O) groups excluding carboxylic acids is 2. The minimum absolute atomic E-state index is 0.0890. The number of methoxy groups -OCH3 is 1. The first-order valence-electron chi connectivity index (χ1n) is 13.4. The Bertz CT molecular complexity index is 1500. The van der Waals surface area contributed by atoms with Gasteiger partial charge in [0.15, 0.2) is 0 Å². The average molecular weight is 590 g/mol. The second-order valence-corrected chi connectivity index (χ2v) is 10.8. The van der Waals surface area contributed by atoms with Crippen molar-refractivity contribution in [2.45, 2.75) is 38.6 Å². The number of aromatic nitrogens is 3. The molecule has 11 nitrogen and oxygen atoms in total. The lowest BCUT2D eigenvalue weighted by molar-refractivity contribution is 0.0784. The maximum Gasteiger partial charge on any atom is 0.253 e. The summed E-state index contributed by atoms with van der Waals surface area (Å²) in [7, 11) is 3.20. The number of carbonyl (C=O) groups is 2. The molecule has 0 aliphatic rings. The summed E-state index contributed by atoms with van der Waals surface area (Å²) in [5.74, 6) is -0.175. The number of aryl methyl sites for hydroxylation is 1. The van der Waals surface area contributed by atoms with E-state index in [1.165, 1.54) is 18.4 Å². The molecule has 12 heteroatoms. The molecule has 2 amide bonds. The first kappa shape index (κ1) is 30.6. The molecule has 0 unspecified atom stereocenters. The van der Waals surface area contributed by atoms with Crippen molar-refractivity contribution in [3.63, 3.8) is 0 Å². The maximum atomic E-state index is 13.4. The Kier molecular flexibility index (Phi) is 10.5. The van der Waals surface area contributed by atoms with Crippen molar-refractivity contribution in [3.8, 4) is 5.88 Å². The van der Waals surface area contributed by atoms with Crippen molar-refractivity contribution in [3.05, 3.63) is 99.1 Å². The van der Waals surface area contributed by atoms with E-state index in [4.69, 9.17) is 10.5 Å². The monoisotopic (exact) mass is 589 g/mol. The molecule has 2 aromatic carbocycles. The summed E-state index contributed by atoms with van der Waals surface area (Å²) in [6.45, 7) is 2.77. The van der Waals surface area contributed by atoms with Crippen LogP contribution in [0.25, 0.3) is 0 Å². The third-order valence-corrected chi connectivity index (χ3v) is 7.43. The molecule has 0 aliphatic heterocycles. The molecule has 4 rings (SSSR count). The summed E-state index contributed by atoms with van der Waals surface area (Å²) >= 11 is 1.50. The van der Waals surface area contributed by atoms with Crippen LogP contribution in [-0.2, 0) is 19.5 Å². The van der Waals surface area contributed by atoms with Gasteiger partial charge in [-0.1, -0.05) is 36.4 Å². The molecule has 0 spiro atoms. The number of anilines is 1. The standard InChI is InChI=1S/C30H35N7O4S/c1-19-18-42-27(33-19)17-37(2)29(40)22-11-7-10-21(13-22)28(39)35-24(12-20-8-5-4-6-9-20)25(38)16-32-15-23-14-26(41-3)36-30(31)34-23/h4-11,13-14,18,24-25,32,38H,12,15-17H2,1-3H3,(H,35,39)(H2,31,34,36)/t24-,25+/m0/s1. The number of hydrogen-bond acceptors (Lipinski definition) is 10. The lowest BCUT2D eigenvalue weighted by atomic mass is 10.00. The van der Waals surface area contributed by atoms with Gasteiger partial charge in [-0.25, -0.2) is 9.97 Å². The van der Waals surface area contributed by atoms with Crippen LogP contribution >= 0.6 is 11.3 Å². The van der Waals surface area contributed by atoms with Gasteiger partial charge in [0.2, 0.25) is 11.8 Å². The normalized spacial score (nSPS) is 12.4. The van der Waals surface area contributed by atoms with Crippen LogP contribution in [0, 0.1) is 6.92 Å². The number of aliphatic hydroxyl groups excluding tert-OH is 1. The van der Waals surface area contributed by atoms with Crippen LogP contribution < -0.4 is 21.1 Å². The van der Waals surface area contributed by atoms with E-state index >= 15 is 0 Å². The minimum atomic E-state index is -0.937. The van der Waals surface area contributed by atoms with E-state index in [1.807, 2.05) is 42.6 Å². The lowest BCUT2D eigenvalue weighted by Crippen LogP contribution is -2.48. The SMILES string of the molecule is COc1cc(CNC[C@@H](O)[C@H](Cc2ccccc2)NC(=O)c2cccc(C(=O)N(C)Cc3nc(C)cs3)c2)nc(N)n1. The predicted octanol–water partition coefficient (Wildman–Crippen LogP) is 2.60. The number of ether oxygens (including phenoxy) is 1. The highest BCUT2D eigenvalue weighted by Gasteiger charge is 2.23. The Balaban J connectivity index is 1.43. The quantitative estimate of drug-likeness (QED) is 0.184. The highest BCUT2D eigenvalue weighted by atomic mass is 32.1. The minimum Gasteiger partial charge on any atom is -0.481 e. The zero-order valence-electron chi connectivity index (χ0n) is 23.8. The van der Waals surface area contributed by atoms with E-state index in [0.717, 1.165) is 16.3 Å². The summed E-state index contributed by atoms with van der Waals surface area (Å²) in [6, 6.07) is 17.2. The van der Waals surface area contributed by atoms with Gasteiger partial charge < -0.3 is 31.1 Å².